The second kappa shape index (κ2) is 9.27. The van der Waals surface area contributed by atoms with Crippen LogP contribution in [-0.2, 0) is 24.1 Å². The maximum absolute atomic E-state index is 12.3. The smallest absolute Gasteiger partial charge is 0.169 e. The number of aryl methyl sites for hydroxylation is 1. The van der Waals surface area contributed by atoms with Crippen molar-refractivity contribution < 1.29 is 8.76 Å². The molecule has 5 aromatic rings. The number of hydrogen-bond donors (Lipinski definition) is 0. The van der Waals surface area contributed by atoms with Gasteiger partial charge in [0.2, 0.25) is 0 Å². The minimum Gasteiger partial charge on any atom is -0.755 e. The third kappa shape index (κ3) is 4.15. The van der Waals surface area contributed by atoms with Crippen molar-refractivity contribution in [3.8, 4) is 6.07 Å². The van der Waals surface area contributed by atoms with Gasteiger partial charge in [0.05, 0.1) is 50.8 Å². The van der Waals surface area contributed by atoms with Gasteiger partial charge in [-0.25, -0.2) is 4.98 Å². The standard InChI is InChI=1S/C25H19N5O2S2/c1-29-22-12-11-20(30(34(31)32)23-6-2-4-19-5-3-13-27-24(19)23)14-21(22)28-25(29)33-16-18-9-7-17(15-26)8-10-18/h2-14H,16H2,1H3,(H,31,32)/p-1. The molecule has 0 amide bonds. The molecule has 7 nitrogen and oxygen atoms in total. The Labute approximate surface area is 203 Å². The van der Waals surface area contributed by atoms with Crippen molar-refractivity contribution in [2.24, 2.45) is 7.05 Å². The SMILES string of the molecule is Cn1c(SCc2ccc(C#N)cc2)nc2cc(N(c3cccc4cccnc34)S(=O)[O-])ccc21. The minimum absolute atomic E-state index is 0.483. The van der Waals surface area contributed by atoms with Gasteiger partial charge < -0.3 is 9.12 Å². The van der Waals surface area contributed by atoms with Gasteiger partial charge in [0.1, 0.15) is 0 Å². The van der Waals surface area contributed by atoms with Crippen LogP contribution < -0.4 is 4.31 Å². The number of pyridine rings is 1. The topological polar surface area (TPSA) is 97.9 Å². The van der Waals surface area contributed by atoms with E-state index in [2.05, 4.69) is 11.1 Å². The zero-order valence-corrected chi connectivity index (χ0v) is 19.7. The van der Waals surface area contributed by atoms with Crippen molar-refractivity contribution in [1.29, 1.82) is 5.26 Å². The highest BCUT2D eigenvalue weighted by atomic mass is 32.2. The van der Waals surface area contributed by atoms with Crippen LogP contribution in [0.15, 0.2) is 84.1 Å². The van der Waals surface area contributed by atoms with Crippen LogP contribution in [0.3, 0.4) is 0 Å². The molecule has 0 saturated carbocycles. The molecule has 0 N–H and O–H groups in total. The number of rotatable bonds is 6. The van der Waals surface area contributed by atoms with Crippen molar-refractivity contribution in [3.63, 3.8) is 0 Å². The Balaban J connectivity index is 1.49. The molecular weight excluding hydrogens is 466 g/mol. The van der Waals surface area contributed by atoms with Crippen LogP contribution in [0.25, 0.3) is 21.9 Å². The molecule has 34 heavy (non-hydrogen) atoms. The molecule has 0 saturated heterocycles. The van der Waals surface area contributed by atoms with Gasteiger partial charge in [-0.05, 0) is 48.0 Å². The van der Waals surface area contributed by atoms with Gasteiger partial charge in [0.15, 0.2) is 5.16 Å². The number of imidazole rings is 1. The number of fused-ring (bicyclic) bond motifs is 2. The Morgan fingerprint density at radius 1 is 1.12 bits per heavy atom. The summed E-state index contributed by atoms with van der Waals surface area (Å²) >= 11 is -0.972. The summed E-state index contributed by atoms with van der Waals surface area (Å²) in [6.45, 7) is 0. The number of nitrogens with zero attached hydrogens (tertiary/aromatic N) is 5. The summed E-state index contributed by atoms with van der Waals surface area (Å²) in [4.78, 5) is 9.15. The van der Waals surface area contributed by atoms with E-state index in [0.29, 0.717) is 33.7 Å². The number of aromatic nitrogens is 3. The predicted octanol–water partition coefficient (Wildman–Crippen LogP) is 5.22. The zero-order valence-electron chi connectivity index (χ0n) is 18.1. The first-order valence-electron chi connectivity index (χ1n) is 10.4. The van der Waals surface area contributed by atoms with E-state index in [4.69, 9.17) is 10.2 Å². The third-order valence-corrected chi connectivity index (χ3v) is 7.29. The number of nitriles is 1. The van der Waals surface area contributed by atoms with Gasteiger partial charge in [-0.3, -0.25) is 13.5 Å². The molecule has 0 aliphatic carbocycles. The van der Waals surface area contributed by atoms with E-state index in [-0.39, 0.29) is 0 Å². The Morgan fingerprint density at radius 3 is 2.68 bits per heavy atom. The molecule has 0 spiro atoms. The van der Waals surface area contributed by atoms with E-state index in [0.717, 1.165) is 21.6 Å². The zero-order chi connectivity index (χ0) is 23.7. The molecule has 0 aliphatic heterocycles. The van der Waals surface area contributed by atoms with Gasteiger partial charge in [0.25, 0.3) is 0 Å². The summed E-state index contributed by atoms with van der Waals surface area (Å²) < 4.78 is 27.8. The highest BCUT2D eigenvalue weighted by molar-refractivity contribution is 7.98. The number of anilines is 2. The van der Waals surface area contributed by atoms with Crippen LogP contribution in [-0.4, -0.2) is 23.3 Å². The Bertz CT molecular complexity index is 1570. The molecule has 1 atom stereocenters. The van der Waals surface area contributed by atoms with Gasteiger partial charge in [-0.1, -0.05) is 42.1 Å². The quantitative estimate of drug-likeness (QED) is 0.242. The summed E-state index contributed by atoms with van der Waals surface area (Å²) in [6.07, 6.45) is 1.65. The number of para-hydroxylation sites is 1. The number of hydrogen-bond acceptors (Lipinski definition) is 6. The van der Waals surface area contributed by atoms with Crippen LogP contribution in [0.1, 0.15) is 11.1 Å². The van der Waals surface area contributed by atoms with Crippen LogP contribution in [0.2, 0.25) is 0 Å². The maximum atomic E-state index is 12.3. The van der Waals surface area contributed by atoms with Crippen molar-refractivity contribution >= 4 is 56.3 Å². The first-order chi connectivity index (χ1) is 16.5. The van der Waals surface area contributed by atoms with Crippen molar-refractivity contribution in [3.05, 3.63) is 90.1 Å². The summed E-state index contributed by atoms with van der Waals surface area (Å²) in [7, 11) is 1.94. The summed E-state index contributed by atoms with van der Waals surface area (Å²) in [6, 6.07) is 24.2. The number of thioether (sulfide) groups is 1. The van der Waals surface area contributed by atoms with Crippen molar-refractivity contribution in [1.82, 2.24) is 14.5 Å². The lowest BCUT2D eigenvalue weighted by molar-refractivity contribution is 0.537. The van der Waals surface area contributed by atoms with Crippen LogP contribution in [0, 0.1) is 11.3 Å². The predicted molar refractivity (Wildman–Crippen MR) is 134 cm³/mol. The largest absolute Gasteiger partial charge is 0.755 e. The molecular formula is C25H18N5O2S2-. The van der Waals surface area contributed by atoms with Crippen LogP contribution in [0.4, 0.5) is 11.4 Å². The molecule has 168 valence electrons. The minimum atomic E-state index is -2.55. The third-order valence-electron chi connectivity index (χ3n) is 5.49. The second-order valence-corrected chi connectivity index (χ2v) is 9.33. The highest BCUT2D eigenvalue weighted by Crippen LogP contribution is 2.34. The van der Waals surface area contributed by atoms with Crippen LogP contribution in [0.5, 0.6) is 0 Å². The Hall–Kier alpha value is -3.71. The van der Waals surface area contributed by atoms with Crippen molar-refractivity contribution in [2.45, 2.75) is 10.9 Å². The molecule has 0 radical (unpaired) electrons. The first kappa shape index (κ1) is 22.1. The average molecular weight is 485 g/mol. The second-order valence-electron chi connectivity index (χ2n) is 7.59. The molecule has 0 bridgehead atoms. The van der Waals surface area contributed by atoms with Gasteiger partial charge in [-0.2, -0.15) is 5.26 Å². The average Bonchev–Trinajstić information content (AvgIpc) is 3.18. The number of benzene rings is 3. The molecule has 9 heteroatoms. The lowest BCUT2D eigenvalue weighted by Crippen LogP contribution is -2.20. The normalized spacial score (nSPS) is 12.0. The van der Waals surface area contributed by atoms with Crippen molar-refractivity contribution in [2.75, 3.05) is 4.31 Å². The maximum Gasteiger partial charge on any atom is 0.169 e. The van der Waals surface area contributed by atoms with E-state index in [1.165, 1.54) is 4.31 Å². The van der Waals surface area contributed by atoms with E-state index < -0.39 is 11.3 Å². The van der Waals surface area contributed by atoms with E-state index >= 15 is 0 Å². The van der Waals surface area contributed by atoms with Crippen LogP contribution >= 0.6 is 11.8 Å². The summed E-state index contributed by atoms with van der Waals surface area (Å²) in [5.41, 5.74) is 4.90. The molecule has 5 rings (SSSR count). The van der Waals surface area contributed by atoms with E-state index in [1.807, 2.05) is 54.1 Å². The first-order valence-corrected chi connectivity index (χ1v) is 12.4. The molecule has 2 aromatic heterocycles. The molecule has 0 fully saturated rings. The summed E-state index contributed by atoms with van der Waals surface area (Å²) in [5, 5.41) is 10.6. The van der Waals surface area contributed by atoms with Gasteiger partial charge in [-0.15, -0.1) is 0 Å². The lowest BCUT2D eigenvalue weighted by Gasteiger charge is -2.27. The summed E-state index contributed by atoms with van der Waals surface area (Å²) in [5.74, 6) is 0.702. The molecule has 3 aromatic carbocycles. The van der Waals surface area contributed by atoms with E-state index in [9.17, 15) is 8.76 Å². The highest BCUT2D eigenvalue weighted by Gasteiger charge is 2.17. The fourth-order valence-corrected chi connectivity index (χ4v) is 5.34. The Morgan fingerprint density at radius 2 is 1.91 bits per heavy atom. The van der Waals surface area contributed by atoms with E-state index in [1.54, 1.807) is 48.3 Å². The Kier molecular flexibility index (Phi) is 6.02. The molecule has 1 unspecified atom stereocenters. The molecule has 2 heterocycles. The fourth-order valence-electron chi connectivity index (χ4n) is 3.80. The van der Waals surface area contributed by atoms with Gasteiger partial charge in [0, 0.05) is 24.4 Å². The monoisotopic (exact) mass is 484 g/mol. The lowest BCUT2D eigenvalue weighted by atomic mass is 10.2. The molecule has 0 aliphatic rings. The fraction of sp³-hybridized carbons (Fsp3) is 0.0800. The van der Waals surface area contributed by atoms with Gasteiger partial charge >= 0.3 is 0 Å².